The summed E-state index contributed by atoms with van der Waals surface area (Å²) in [6.07, 6.45) is 10.4. The summed E-state index contributed by atoms with van der Waals surface area (Å²) in [5.41, 5.74) is 1.17. The fourth-order valence-corrected chi connectivity index (χ4v) is 3.39. The summed E-state index contributed by atoms with van der Waals surface area (Å²) in [7, 11) is 0. The molecular weight excluding hydrogens is 250 g/mol. The van der Waals surface area contributed by atoms with Crippen molar-refractivity contribution in [2.75, 3.05) is 13.1 Å². The van der Waals surface area contributed by atoms with Crippen LogP contribution in [0.15, 0.2) is 24.5 Å². The van der Waals surface area contributed by atoms with E-state index in [2.05, 4.69) is 21.3 Å². The molecule has 3 heterocycles. The molecule has 20 heavy (non-hydrogen) atoms. The molecule has 2 fully saturated rings. The van der Waals surface area contributed by atoms with E-state index in [1.165, 1.54) is 18.4 Å². The molecule has 0 spiro atoms. The summed E-state index contributed by atoms with van der Waals surface area (Å²) in [5.74, 6) is 0.290. The maximum absolute atomic E-state index is 12.8. The molecule has 0 aliphatic carbocycles. The van der Waals surface area contributed by atoms with Gasteiger partial charge in [-0.3, -0.25) is 9.78 Å². The molecule has 108 valence electrons. The van der Waals surface area contributed by atoms with Gasteiger partial charge in [-0.05, 0) is 43.9 Å². The highest BCUT2D eigenvalue weighted by atomic mass is 16.2. The minimum Gasteiger partial charge on any atom is -0.334 e. The standard InChI is InChI=1S/C16H23N3O/c20-16(14-7-2-1-3-10-18-14)19-11-5-8-15(19)13-6-4-9-17-12-13/h4,6,9,12,14-15,18H,1-3,5,7-8,10-11H2. The number of amides is 1. The van der Waals surface area contributed by atoms with Gasteiger partial charge < -0.3 is 10.2 Å². The Morgan fingerprint density at radius 3 is 3.05 bits per heavy atom. The number of carbonyl (C=O) groups is 1. The van der Waals surface area contributed by atoms with E-state index in [0.29, 0.717) is 5.91 Å². The topological polar surface area (TPSA) is 45.2 Å². The minimum atomic E-state index is 0.0229. The van der Waals surface area contributed by atoms with Crippen molar-refractivity contribution in [2.24, 2.45) is 0 Å². The molecular formula is C16H23N3O. The Hall–Kier alpha value is -1.42. The molecule has 0 radical (unpaired) electrons. The Labute approximate surface area is 120 Å². The number of nitrogens with zero attached hydrogens (tertiary/aromatic N) is 2. The smallest absolute Gasteiger partial charge is 0.240 e. The van der Waals surface area contributed by atoms with Crippen LogP contribution in [0.3, 0.4) is 0 Å². The molecule has 2 atom stereocenters. The first-order chi connectivity index (χ1) is 9.86. The van der Waals surface area contributed by atoms with E-state index in [9.17, 15) is 4.79 Å². The Morgan fingerprint density at radius 1 is 1.25 bits per heavy atom. The maximum atomic E-state index is 12.8. The second-order valence-corrected chi connectivity index (χ2v) is 5.83. The van der Waals surface area contributed by atoms with Crippen molar-refractivity contribution in [1.29, 1.82) is 0 Å². The molecule has 2 saturated heterocycles. The van der Waals surface area contributed by atoms with Crippen LogP contribution in [-0.2, 0) is 4.79 Å². The van der Waals surface area contributed by atoms with Crippen LogP contribution in [0.2, 0.25) is 0 Å². The fourth-order valence-electron chi connectivity index (χ4n) is 3.39. The van der Waals surface area contributed by atoms with Crippen molar-refractivity contribution in [3.63, 3.8) is 0 Å². The predicted molar refractivity (Wildman–Crippen MR) is 78.2 cm³/mol. The normalized spacial score (nSPS) is 27.3. The quantitative estimate of drug-likeness (QED) is 0.899. The maximum Gasteiger partial charge on any atom is 0.240 e. The van der Waals surface area contributed by atoms with Gasteiger partial charge in [-0.2, -0.15) is 0 Å². The number of nitrogens with one attached hydrogen (secondary N) is 1. The number of carbonyl (C=O) groups excluding carboxylic acids is 1. The molecule has 2 aliphatic heterocycles. The van der Waals surface area contributed by atoms with Crippen molar-refractivity contribution in [1.82, 2.24) is 15.2 Å². The number of hydrogen-bond donors (Lipinski definition) is 1. The zero-order chi connectivity index (χ0) is 13.8. The molecule has 1 amide bonds. The first-order valence-corrected chi connectivity index (χ1v) is 7.80. The van der Waals surface area contributed by atoms with E-state index in [1.807, 2.05) is 12.3 Å². The number of hydrogen-bond acceptors (Lipinski definition) is 3. The van der Waals surface area contributed by atoms with Gasteiger partial charge in [0.05, 0.1) is 12.1 Å². The average molecular weight is 273 g/mol. The van der Waals surface area contributed by atoms with Crippen LogP contribution >= 0.6 is 0 Å². The van der Waals surface area contributed by atoms with Crippen LogP contribution in [0.25, 0.3) is 0 Å². The lowest BCUT2D eigenvalue weighted by Gasteiger charge is -2.29. The third kappa shape index (κ3) is 2.85. The highest BCUT2D eigenvalue weighted by Gasteiger charge is 2.33. The van der Waals surface area contributed by atoms with Crippen molar-refractivity contribution in [3.05, 3.63) is 30.1 Å². The molecule has 0 saturated carbocycles. The lowest BCUT2D eigenvalue weighted by atomic mass is 10.0. The largest absolute Gasteiger partial charge is 0.334 e. The highest BCUT2D eigenvalue weighted by Crippen LogP contribution is 2.32. The van der Waals surface area contributed by atoms with E-state index < -0.39 is 0 Å². The molecule has 4 heteroatoms. The molecule has 0 aromatic carbocycles. The Kier molecular flexibility index (Phi) is 4.31. The summed E-state index contributed by atoms with van der Waals surface area (Å²) in [6, 6.07) is 4.29. The van der Waals surface area contributed by atoms with Crippen molar-refractivity contribution in [3.8, 4) is 0 Å². The SMILES string of the molecule is O=C(C1CCCCCN1)N1CCCC1c1cccnc1. The lowest BCUT2D eigenvalue weighted by molar-refractivity contribution is -0.134. The molecule has 2 unspecified atom stereocenters. The van der Waals surface area contributed by atoms with Crippen LogP contribution in [0.5, 0.6) is 0 Å². The van der Waals surface area contributed by atoms with Gasteiger partial charge in [0, 0.05) is 18.9 Å². The van der Waals surface area contributed by atoms with Crippen LogP contribution in [0, 0.1) is 0 Å². The minimum absolute atomic E-state index is 0.0229. The number of rotatable bonds is 2. The van der Waals surface area contributed by atoms with E-state index in [0.717, 1.165) is 38.8 Å². The Morgan fingerprint density at radius 2 is 2.20 bits per heavy atom. The molecule has 1 N–H and O–H groups in total. The summed E-state index contributed by atoms with van der Waals surface area (Å²) < 4.78 is 0. The summed E-state index contributed by atoms with van der Waals surface area (Å²) in [5, 5.41) is 3.42. The molecule has 0 bridgehead atoms. The zero-order valence-electron chi connectivity index (χ0n) is 11.9. The lowest BCUT2D eigenvalue weighted by Crippen LogP contribution is -2.45. The number of likely N-dealkylation sites (tertiary alicyclic amines) is 1. The number of pyridine rings is 1. The van der Waals surface area contributed by atoms with Crippen LogP contribution in [-0.4, -0.2) is 34.9 Å². The van der Waals surface area contributed by atoms with Crippen LogP contribution in [0.4, 0.5) is 0 Å². The van der Waals surface area contributed by atoms with Gasteiger partial charge in [0.25, 0.3) is 0 Å². The average Bonchev–Trinajstić information content (AvgIpc) is 2.82. The van der Waals surface area contributed by atoms with Crippen LogP contribution < -0.4 is 5.32 Å². The van der Waals surface area contributed by atoms with Crippen LogP contribution in [0.1, 0.15) is 50.1 Å². The third-order valence-corrected chi connectivity index (χ3v) is 4.46. The zero-order valence-corrected chi connectivity index (χ0v) is 11.9. The summed E-state index contributed by atoms with van der Waals surface area (Å²) in [6.45, 7) is 1.86. The fraction of sp³-hybridized carbons (Fsp3) is 0.625. The molecule has 4 nitrogen and oxygen atoms in total. The van der Waals surface area contributed by atoms with E-state index in [-0.39, 0.29) is 12.1 Å². The van der Waals surface area contributed by atoms with Gasteiger partial charge in [0.2, 0.25) is 5.91 Å². The van der Waals surface area contributed by atoms with Crippen molar-refractivity contribution >= 4 is 5.91 Å². The van der Waals surface area contributed by atoms with Gasteiger partial charge in [0.1, 0.15) is 0 Å². The molecule has 3 rings (SSSR count). The third-order valence-electron chi connectivity index (χ3n) is 4.46. The van der Waals surface area contributed by atoms with E-state index in [4.69, 9.17) is 0 Å². The Bertz CT molecular complexity index is 440. The second-order valence-electron chi connectivity index (χ2n) is 5.83. The van der Waals surface area contributed by atoms with Crippen molar-refractivity contribution in [2.45, 2.75) is 50.6 Å². The van der Waals surface area contributed by atoms with E-state index >= 15 is 0 Å². The predicted octanol–water partition coefficient (Wildman–Crippen LogP) is 2.28. The monoisotopic (exact) mass is 273 g/mol. The summed E-state index contributed by atoms with van der Waals surface area (Å²) in [4.78, 5) is 19.0. The first-order valence-electron chi connectivity index (χ1n) is 7.80. The van der Waals surface area contributed by atoms with Gasteiger partial charge >= 0.3 is 0 Å². The number of aromatic nitrogens is 1. The second kappa shape index (κ2) is 6.35. The molecule has 1 aromatic rings. The molecule has 2 aliphatic rings. The first kappa shape index (κ1) is 13.6. The van der Waals surface area contributed by atoms with Gasteiger partial charge in [-0.1, -0.05) is 18.9 Å². The van der Waals surface area contributed by atoms with Crippen molar-refractivity contribution < 1.29 is 4.79 Å². The Balaban J connectivity index is 1.73. The van der Waals surface area contributed by atoms with Gasteiger partial charge in [-0.25, -0.2) is 0 Å². The van der Waals surface area contributed by atoms with Gasteiger partial charge in [-0.15, -0.1) is 0 Å². The van der Waals surface area contributed by atoms with E-state index in [1.54, 1.807) is 6.20 Å². The molecule has 1 aromatic heterocycles. The summed E-state index contributed by atoms with van der Waals surface area (Å²) >= 11 is 0. The van der Waals surface area contributed by atoms with Gasteiger partial charge in [0.15, 0.2) is 0 Å². The highest BCUT2D eigenvalue weighted by molar-refractivity contribution is 5.82.